The van der Waals surface area contributed by atoms with Gasteiger partial charge in [0.05, 0.1) is 11.7 Å². The van der Waals surface area contributed by atoms with E-state index in [0.29, 0.717) is 12.6 Å². The number of aromatic nitrogens is 2. The van der Waals surface area contributed by atoms with Crippen LogP contribution in [0.4, 0.5) is 0 Å². The molecule has 4 heteroatoms. The minimum Gasteiger partial charge on any atom is -0.487 e. The number of ether oxygens (including phenoxy) is 1. The average molecular weight is 337 g/mol. The third-order valence-electron chi connectivity index (χ3n) is 3.49. The predicted molar refractivity (Wildman–Crippen MR) is 85.1 cm³/mol. The van der Waals surface area contributed by atoms with Gasteiger partial charge >= 0.3 is 0 Å². The minimum atomic E-state index is 0.484. The summed E-state index contributed by atoms with van der Waals surface area (Å²) in [5.41, 5.74) is 2.10. The Morgan fingerprint density at radius 3 is 2.65 bits per heavy atom. The maximum atomic E-state index is 5.84. The molecule has 0 saturated heterocycles. The molecule has 0 unspecified atom stereocenters. The topological polar surface area (TPSA) is 27.1 Å². The van der Waals surface area contributed by atoms with Gasteiger partial charge in [-0.05, 0) is 49.6 Å². The van der Waals surface area contributed by atoms with Gasteiger partial charge < -0.3 is 4.74 Å². The van der Waals surface area contributed by atoms with Crippen molar-refractivity contribution in [3.63, 3.8) is 0 Å². The normalized spacial score (nSPS) is 11.1. The second-order valence-corrected chi connectivity index (χ2v) is 5.87. The molecule has 0 saturated carbocycles. The Bertz CT molecular complexity index is 561. The number of halogens is 1. The molecule has 0 fully saturated rings. The first-order valence-electron chi connectivity index (χ1n) is 7.07. The Morgan fingerprint density at radius 1 is 1.25 bits per heavy atom. The molecule has 1 heterocycles. The van der Waals surface area contributed by atoms with E-state index in [1.807, 2.05) is 36.0 Å². The number of hydrogen-bond acceptors (Lipinski definition) is 2. The summed E-state index contributed by atoms with van der Waals surface area (Å²) in [5, 5.41) is 4.60. The van der Waals surface area contributed by atoms with Crippen LogP contribution in [-0.2, 0) is 6.61 Å². The Kier molecular flexibility index (Phi) is 5.24. The summed E-state index contributed by atoms with van der Waals surface area (Å²) in [6, 6.07) is 8.55. The van der Waals surface area contributed by atoms with Gasteiger partial charge in [0.2, 0.25) is 0 Å². The van der Waals surface area contributed by atoms with Gasteiger partial charge in [-0.15, -0.1) is 0 Å². The lowest BCUT2D eigenvalue weighted by molar-refractivity contribution is 0.295. The molecular formula is C16H21BrN2O. The molecule has 0 spiro atoms. The fourth-order valence-electron chi connectivity index (χ4n) is 2.25. The lowest BCUT2D eigenvalue weighted by atomic mass is 10.2. The summed E-state index contributed by atoms with van der Waals surface area (Å²) in [7, 11) is 0. The van der Waals surface area contributed by atoms with Gasteiger partial charge in [-0.25, -0.2) is 0 Å². The van der Waals surface area contributed by atoms with E-state index in [1.54, 1.807) is 0 Å². The summed E-state index contributed by atoms with van der Waals surface area (Å²) in [5.74, 6) is 0.908. The van der Waals surface area contributed by atoms with E-state index in [4.69, 9.17) is 4.74 Å². The third-order valence-corrected chi connectivity index (χ3v) is 3.99. The van der Waals surface area contributed by atoms with E-state index in [-0.39, 0.29) is 0 Å². The van der Waals surface area contributed by atoms with Gasteiger partial charge in [0.25, 0.3) is 0 Å². The van der Waals surface area contributed by atoms with Crippen LogP contribution in [0.15, 0.2) is 34.9 Å². The van der Waals surface area contributed by atoms with Crippen molar-refractivity contribution in [1.29, 1.82) is 0 Å². The summed E-state index contributed by atoms with van der Waals surface area (Å²) in [4.78, 5) is 0. The molecule has 0 aliphatic carbocycles. The van der Waals surface area contributed by atoms with Crippen molar-refractivity contribution in [1.82, 2.24) is 9.78 Å². The van der Waals surface area contributed by atoms with Gasteiger partial charge in [-0.3, -0.25) is 4.68 Å². The van der Waals surface area contributed by atoms with Crippen molar-refractivity contribution in [3.8, 4) is 5.75 Å². The number of hydrogen-bond donors (Lipinski definition) is 0. The molecule has 0 bridgehead atoms. The maximum Gasteiger partial charge on any atom is 0.132 e. The first kappa shape index (κ1) is 15.1. The van der Waals surface area contributed by atoms with E-state index in [9.17, 15) is 0 Å². The summed E-state index contributed by atoms with van der Waals surface area (Å²) in [6.45, 7) is 6.94. The van der Waals surface area contributed by atoms with Crippen LogP contribution in [0, 0.1) is 6.92 Å². The van der Waals surface area contributed by atoms with Crippen LogP contribution in [-0.4, -0.2) is 9.78 Å². The zero-order chi connectivity index (χ0) is 14.5. The van der Waals surface area contributed by atoms with Crippen molar-refractivity contribution in [3.05, 3.63) is 46.2 Å². The molecule has 0 atom stereocenters. The predicted octanol–water partition coefficient (Wildman–Crippen LogP) is 4.89. The molecule has 0 radical (unpaired) electrons. The van der Waals surface area contributed by atoms with E-state index in [0.717, 1.165) is 34.3 Å². The molecule has 2 aromatic rings. The lowest BCUT2D eigenvalue weighted by Crippen LogP contribution is -2.08. The van der Waals surface area contributed by atoms with Gasteiger partial charge in [-0.1, -0.05) is 29.8 Å². The molecule has 1 aromatic carbocycles. The summed E-state index contributed by atoms with van der Waals surface area (Å²) < 4.78 is 8.96. The first-order valence-corrected chi connectivity index (χ1v) is 7.86. The number of rotatable bonds is 6. The van der Waals surface area contributed by atoms with Crippen LogP contribution in [0.3, 0.4) is 0 Å². The molecule has 2 rings (SSSR count). The van der Waals surface area contributed by atoms with Crippen LogP contribution in [0.25, 0.3) is 0 Å². The van der Waals surface area contributed by atoms with Crippen LogP contribution < -0.4 is 4.74 Å². The molecule has 3 nitrogen and oxygen atoms in total. The van der Waals surface area contributed by atoms with Crippen molar-refractivity contribution >= 4 is 15.9 Å². The summed E-state index contributed by atoms with van der Waals surface area (Å²) in [6.07, 6.45) is 4.25. The molecule has 0 N–H and O–H groups in total. The van der Waals surface area contributed by atoms with E-state index in [2.05, 4.69) is 40.9 Å². The molecular weight excluding hydrogens is 316 g/mol. The Morgan fingerprint density at radius 2 is 2.00 bits per heavy atom. The molecule has 108 valence electrons. The van der Waals surface area contributed by atoms with Gasteiger partial charge in [0.1, 0.15) is 12.4 Å². The molecule has 1 aromatic heterocycles. The number of aryl methyl sites for hydroxylation is 1. The Labute approximate surface area is 129 Å². The highest BCUT2D eigenvalue weighted by Gasteiger charge is 2.08. The number of nitrogens with zero attached hydrogens (tertiary/aromatic N) is 2. The maximum absolute atomic E-state index is 5.84. The fraction of sp³-hybridized carbons (Fsp3) is 0.438. The Balaban J connectivity index is 2.00. The van der Waals surface area contributed by atoms with Crippen LogP contribution >= 0.6 is 15.9 Å². The van der Waals surface area contributed by atoms with Gasteiger partial charge in [0, 0.05) is 10.7 Å². The van der Waals surface area contributed by atoms with Crippen molar-refractivity contribution in [2.75, 3.05) is 0 Å². The largest absolute Gasteiger partial charge is 0.487 e. The zero-order valence-corrected chi connectivity index (χ0v) is 13.9. The highest BCUT2D eigenvalue weighted by molar-refractivity contribution is 9.10. The SMILES string of the molecule is CCC(CC)n1ccc(COc2ccc(Br)cc2C)n1. The van der Waals surface area contributed by atoms with Crippen LogP contribution in [0.1, 0.15) is 44.0 Å². The van der Waals surface area contributed by atoms with Crippen LogP contribution in [0.5, 0.6) is 5.75 Å². The first-order chi connectivity index (χ1) is 9.63. The van der Waals surface area contributed by atoms with Gasteiger partial charge in [-0.2, -0.15) is 5.10 Å². The smallest absolute Gasteiger partial charge is 0.132 e. The van der Waals surface area contributed by atoms with E-state index < -0.39 is 0 Å². The molecule has 20 heavy (non-hydrogen) atoms. The van der Waals surface area contributed by atoms with Gasteiger partial charge in [0.15, 0.2) is 0 Å². The van der Waals surface area contributed by atoms with E-state index in [1.165, 1.54) is 0 Å². The van der Waals surface area contributed by atoms with Crippen molar-refractivity contribution in [2.45, 2.75) is 46.3 Å². The van der Waals surface area contributed by atoms with Crippen molar-refractivity contribution in [2.24, 2.45) is 0 Å². The average Bonchev–Trinajstić information content (AvgIpc) is 2.88. The summed E-state index contributed by atoms with van der Waals surface area (Å²) >= 11 is 3.46. The number of benzene rings is 1. The molecule has 0 amide bonds. The minimum absolute atomic E-state index is 0.484. The van der Waals surface area contributed by atoms with E-state index >= 15 is 0 Å². The standard InChI is InChI=1S/C16H21BrN2O/c1-4-15(5-2)19-9-8-14(18-19)11-20-16-7-6-13(17)10-12(16)3/h6-10,15H,4-5,11H2,1-3H3. The fourth-order valence-corrected chi connectivity index (χ4v) is 2.72. The second-order valence-electron chi connectivity index (χ2n) is 4.96. The second kappa shape index (κ2) is 6.93. The Hall–Kier alpha value is -1.29. The van der Waals surface area contributed by atoms with Crippen LogP contribution in [0.2, 0.25) is 0 Å². The monoisotopic (exact) mass is 336 g/mol. The highest BCUT2D eigenvalue weighted by atomic mass is 79.9. The molecule has 0 aliphatic rings. The highest BCUT2D eigenvalue weighted by Crippen LogP contribution is 2.23. The quantitative estimate of drug-likeness (QED) is 0.750. The lowest BCUT2D eigenvalue weighted by Gasteiger charge is -2.12. The van der Waals surface area contributed by atoms with Crippen molar-refractivity contribution < 1.29 is 4.74 Å². The third kappa shape index (κ3) is 3.63. The molecule has 0 aliphatic heterocycles. The zero-order valence-electron chi connectivity index (χ0n) is 12.3.